The van der Waals surface area contributed by atoms with Crippen molar-refractivity contribution in [3.8, 4) is 28.7 Å². The van der Waals surface area contributed by atoms with Gasteiger partial charge in [0.1, 0.15) is 17.5 Å². The Morgan fingerprint density at radius 3 is 2.07 bits per heavy atom. The van der Waals surface area contributed by atoms with E-state index in [1.54, 1.807) is 31.2 Å². The average Bonchev–Trinajstić information content (AvgIpc) is 3.53. The number of rotatable bonds is 15. The number of benzene rings is 3. The van der Waals surface area contributed by atoms with Gasteiger partial charge in [0.25, 0.3) is 5.91 Å². The van der Waals surface area contributed by atoms with Crippen LogP contribution < -0.4 is 29.6 Å². The average molecular weight is 757 g/mol. The maximum Gasteiger partial charge on any atom is 0.475 e. The number of carbonyl (C=O) groups excluding carboxylic acids is 3. The molecule has 0 unspecified atom stereocenters. The molecule has 2 heterocycles. The van der Waals surface area contributed by atoms with Crippen molar-refractivity contribution in [1.82, 2.24) is 20.6 Å². The van der Waals surface area contributed by atoms with Crippen LogP contribution in [0.25, 0.3) is 11.0 Å². The van der Waals surface area contributed by atoms with E-state index in [0.29, 0.717) is 45.9 Å². The van der Waals surface area contributed by atoms with Gasteiger partial charge in [0.2, 0.25) is 17.4 Å². The summed E-state index contributed by atoms with van der Waals surface area (Å²) in [7, 11) is 4.20. The summed E-state index contributed by atoms with van der Waals surface area (Å²) in [4.78, 5) is 46.3. The normalized spacial score (nSPS) is 11.8. The van der Waals surface area contributed by atoms with Crippen molar-refractivity contribution in [1.29, 1.82) is 0 Å². The number of aromatic nitrogens is 2. The molecule has 0 saturated heterocycles. The van der Waals surface area contributed by atoms with Crippen molar-refractivity contribution in [2.24, 2.45) is 5.92 Å². The van der Waals surface area contributed by atoms with Crippen molar-refractivity contribution in [2.75, 3.05) is 28.4 Å². The molecule has 2 aromatic heterocycles. The summed E-state index contributed by atoms with van der Waals surface area (Å²) in [6.45, 7) is 5.49. The van der Waals surface area contributed by atoms with Crippen LogP contribution in [-0.4, -0.2) is 90.3 Å². The molecule has 290 valence electrons. The second-order valence-corrected chi connectivity index (χ2v) is 12.7. The topological polar surface area (TPSA) is 212 Å². The summed E-state index contributed by atoms with van der Waals surface area (Å²) >= 11 is 0. The first-order valence-corrected chi connectivity index (χ1v) is 17.2. The third-order valence-electron chi connectivity index (χ3n) is 8.46. The van der Waals surface area contributed by atoms with Crippen molar-refractivity contribution in [3.05, 3.63) is 101 Å². The van der Waals surface area contributed by atoms with Crippen molar-refractivity contribution >= 4 is 35.7 Å². The smallest absolute Gasteiger partial charge is 0.475 e. The van der Waals surface area contributed by atoms with Crippen LogP contribution in [0.4, 0.5) is 0 Å². The van der Waals surface area contributed by atoms with E-state index < -0.39 is 30.9 Å². The summed E-state index contributed by atoms with van der Waals surface area (Å²) in [5.41, 5.74) is 1.83. The van der Waals surface area contributed by atoms with Gasteiger partial charge in [-0.05, 0) is 49.1 Å². The molecule has 0 aliphatic carbocycles. The highest BCUT2D eigenvalue weighted by Crippen LogP contribution is 2.42. The molecule has 16 heteroatoms. The predicted octanol–water partition coefficient (Wildman–Crippen LogP) is 4.07. The molecule has 15 nitrogen and oxygen atoms in total. The van der Waals surface area contributed by atoms with E-state index in [9.17, 15) is 29.5 Å². The van der Waals surface area contributed by atoms with E-state index in [4.69, 9.17) is 23.4 Å². The van der Waals surface area contributed by atoms with Crippen molar-refractivity contribution in [2.45, 2.75) is 45.6 Å². The first-order chi connectivity index (χ1) is 26.3. The molecular formula is C39H45BN4O11. The summed E-state index contributed by atoms with van der Waals surface area (Å²) in [6, 6.07) is 14.7. The van der Waals surface area contributed by atoms with E-state index in [-0.39, 0.29) is 40.9 Å². The Hall–Kier alpha value is -6.13. The van der Waals surface area contributed by atoms with Gasteiger partial charge in [-0.25, -0.2) is 4.98 Å². The molecule has 0 bridgehead atoms. The fourth-order valence-electron chi connectivity index (χ4n) is 5.80. The van der Waals surface area contributed by atoms with Gasteiger partial charge in [-0.3, -0.25) is 19.4 Å². The minimum atomic E-state index is -1.69. The van der Waals surface area contributed by atoms with Crippen molar-refractivity contribution in [3.63, 3.8) is 0 Å². The number of phenolic OH excluding ortho intramolecular Hbond substituents is 1. The molecular weight excluding hydrogens is 711 g/mol. The number of furan rings is 1. The molecule has 0 aliphatic heterocycles. The maximum absolute atomic E-state index is 13.2. The number of amides is 2. The quantitative estimate of drug-likeness (QED) is 0.0754. The second kappa shape index (κ2) is 19.3. The van der Waals surface area contributed by atoms with Crippen LogP contribution in [0.3, 0.4) is 0 Å². The summed E-state index contributed by atoms with van der Waals surface area (Å²) in [5.74, 6) is -0.382. The second-order valence-electron chi connectivity index (χ2n) is 12.7. The number of nitrogens with one attached hydrogen (secondary N) is 2. The molecule has 5 N–H and O–H groups in total. The largest absolute Gasteiger partial charge is 0.502 e. The van der Waals surface area contributed by atoms with Crippen LogP contribution in [0, 0.1) is 12.8 Å². The van der Waals surface area contributed by atoms with E-state index in [2.05, 4.69) is 20.6 Å². The fourth-order valence-corrected chi connectivity index (χ4v) is 5.80. The molecule has 5 rings (SSSR count). The molecule has 0 aliphatic rings. The van der Waals surface area contributed by atoms with Gasteiger partial charge in [-0.2, -0.15) is 0 Å². The van der Waals surface area contributed by atoms with Gasteiger partial charge in [0.05, 0.1) is 46.1 Å². The molecule has 55 heavy (non-hydrogen) atoms. The lowest BCUT2D eigenvalue weighted by Crippen LogP contribution is -2.55. The highest BCUT2D eigenvalue weighted by molar-refractivity contribution is 6.43. The molecule has 0 fully saturated rings. The van der Waals surface area contributed by atoms with E-state index in [0.717, 1.165) is 5.56 Å². The maximum atomic E-state index is 13.2. The number of hydrogen-bond donors (Lipinski definition) is 5. The van der Waals surface area contributed by atoms with Crippen molar-refractivity contribution < 1.29 is 52.9 Å². The number of phenols is 1. The van der Waals surface area contributed by atoms with Gasteiger partial charge in [-0.1, -0.05) is 44.2 Å². The van der Waals surface area contributed by atoms with E-state index in [1.807, 2.05) is 44.2 Å². The van der Waals surface area contributed by atoms with E-state index in [1.165, 1.54) is 47.0 Å². The molecule has 3 aromatic carbocycles. The zero-order valence-corrected chi connectivity index (χ0v) is 31.7. The Balaban J connectivity index is 0.000000245. The van der Waals surface area contributed by atoms with Gasteiger partial charge in [0, 0.05) is 29.8 Å². The fraction of sp³-hybridized carbons (Fsp3) is 0.308. The first kappa shape index (κ1) is 41.6. The summed E-state index contributed by atoms with van der Waals surface area (Å²) < 4.78 is 26.7. The van der Waals surface area contributed by atoms with Crippen LogP contribution in [0.1, 0.15) is 58.0 Å². The number of nitrogens with zero attached hydrogens (tertiary/aromatic N) is 2. The number of carbonyl (C=O) groups is 3. The Labute approximate surface area is 318 Å². The number of fused-ring (bicyclic) bond motifs is 1. The van der Waals surface area contributed by atoms with E-state index >= 15 is 0 Å². The Morgan fingerprint density at radius 1 is 0.873 bits per heavy atom. The third kappa shape index (κ3) is 10.3. The lowest BCUT2D eigenvalue weighted by Gasteiger charge is -2.24. The van der Waals surface area contributed by atoms with Gasteiger partial charge < -0.3 is 49.2 Å². The summed E-state index contributed by atoms with van der Waals surface area (Å²) in [6.07, 6.45) is 4.78. The summed E-state index contributed by atoms with van der Waals surface area (Å²) in [5, 5.41) is 35.2. The highest BCUT2D eigenvalue weighted by Gasteiger charge is 2.31. The predicted molar refractivity (Wildman–Crippen MR) is 204 cm³/mol. The van der Waals surface area contributed by atoms with Gasteiger partial charge in [-0.15, -0.1) is 0 Å². The first-order valence-electron chi connectivity index (χ1n) is 17.2. The molecule has 0 spiro atoms. The lowest BCUT2D eigenvalue weighted by molar-refractivity contribution is -0.123. The molecule has 0 radical (unpaired) electrons. The molecule has 2 atom stereocenters. The van der Waals surface area contributed by atoms with Gasteiger partial charge >= 0.3 is 7.12 Å². The molecule has 2 amide bonds. The zero-order chi connectivity index (χ0) is 40.2. The number of ketones is 1. The van der Waals surface area contributed by atoms with Crippen LogP contribution in [0.2, 0.25) is 0 Å². The number of ether oxygens (including phenoxy) is 4. The Morgan fingerprint density at radius 2 is 1.53 bits per heavy atom. The number of aryl methyl sites for hydroxylation is 1. The SMILES string of the molecule is CC(C)C[C@H](NC(=O)[C@H](Cc1ccccc1)NC(=O)c1cnccn1)B(O)O.COc1cc(C(=O)c2c(C)oc3c(O)c(OC)ccc23)cc(OC)c1OC. The molecule has 5 aromatic rings. The Bertz CT molecular complexity index is 2050. The monoisotopic (exact) mass is 756 g/mol. The standard InChI is InChI=1S/C20H20O7.C19H25BN4O4/c1-10-16(12-6-7-13(23-2)18(22)19(12)27-10)17(21)11-8-14(24-3)20(26-5)15(9-11)25-4;1-13(2)10-17(20(27)28)24-18(25)15(11-14-6-4-3-5-7-14)23-19(26)16-12-21-8-9-22-16/h6-9,22H,1-5H3;3-9,12-13,15,17,27-28H,10-11H2,1-2H3,(H,23,26)(H,24,25)/t;15-,17-/m.0/s1. The third-order valence-corrected chi connectivity index (χ3v) is 8.46. The highest BCUT2D eigenvalue weighted by atomic mass is 16.5. The number of aromatic hydroxyl groups is 1. The lowest BCUT2D eigenvalue weighted by atomic mass is 9.75. The van der Waals surface area contributed by atoms with Gasteiger partial charge in [0.15, 0.2) is 28.6 Å². The van der Waals surface area contributed by atoms with Crippen LogP contribution in [0.15, 0.2) is 77.6 Å². The minimum absolute atomic E-state index is 0.0919. The molecule has 0 saturated carbocycles. The number of hydrogen-bond acceptors (Lipinski definition) is 13. The Kier molecular flexibility index (Phi) is 14.6. The number of methoxy groups -OCH3 is 4. The van der Waals surface area contributed by atoms with Crippen LogP contribution >= 0.6 is 0 Å². The van der Waals surface area contributed by atoms with Crippen LogP contribution in [0.5, 0.6) is 28.7 Å². The van der Waals surface area contributed by atoms with Crippen LogP contribution in [-0.2, 0) is 11.2 Å². The minimum Gasteiger partial charge on any atom is -0.502 e. The zero-order valence-electron chi connectivity index (χ0n) is 31.7.